The predicted octanol–water partition coefficient (Wildman–Crippen LogP) is 2.71. The Hall–Kier alpha value is -4.86. The summed E-state index contributed by atoms with van der Waals surface area (Å²) in [6.45, 7) is -0.0231. The van der Waals surface area contributed by atoms with Crippen molar-refractivity contribution >= 4 is 28.3 Å². The highest BCUT2D eigenvalue weighted by atomic mass is 16.5. The predicted molar refractivity (Wildman–Crippen MR) is 140 cm³/mol. The highest BCUT2D eigenvalue weighted by Gasteiger charge is 2.19. The number of nitrogens with one attached hydrogen (secondary N) is 1. The van der Waals surface area contributed by atoms with Crippen LogP contribution in [0, 0.1) is 0 Å². The number of anilines is 1. The van der Waals surface area contributed by atoms with Crippen LogP contribution in [0.2, 0.25) is 0 Å². The van der Waals surface area contributed by atoms with Crippen molar-refractivity contribution in [1.82, 2.24) is 18.7 Å². The zero-order valence-electron chi connectivity index (χ0n) is 20.4. The first-order chi connectivity index (χ1) is 18.0. The second kappa shape index (κ2) is 10.0. The van der Waals surface area contributed by atoms with E-state index in [1.165, 1.54) is 23.2 Å². The van der Waals surface area contributed by atoms with Crippen molar-refractivity contribution < 1.29 is 14.3 Å². The molecule has 10 nitrogen and oxygen atoms in total. The maximum Gasteiger partial charge on any atom is 0.352 e. The number of para-hydroxylation sites is 1. The number of aromatic nitrogens is 4. The van der Waals surface area contributed by atoms with Crippen molar-refractivity contribution in [3.05, 3.63) is 99.2 Å². The second-order valence-corrected chi connectivity index (χ2v) is 8.43. The van der Waals surface area contributed by atoms with Gasteiger partial charge in [0.1, 0.15) is 18.0 Å². The number of amides is 1. The molecule has 2 aromatic heterocycles. The van der Waals surface area contributed by atoms with Crippen LogP contribution >= 0.6 is 0 Å². The van der Waals surface area contributed by atoms with E-state index >= 15 is 0 Å². The monoisotopic (exact) mass is 499 g/mol. The van der Waals surface area contributed by atoms with E-state index in [9.17, 15) is 14.4 Å². The van der Waals surface area contributed by atoms with Crippen molar-refractivity contribution in [2.45, 2.75) is 19.5 Å². The zero-order chi connectivity index (χ0) is 25.9. The third-order valence-corrected chi connectivity index (χ3v) is 6.08. The van der Waals surface area contributed by atoms with E-state index in [-0.39, 0.29) is 17.9 Å². The summed E-state index contributed by atoms with van der Waals surface area (Å²) in [5.41, 5.74) is 1.17. The molecule has 0 saturated carbocycles. The molecule has 0 spiro atoms. The van der Waals surface area contributed by atoms with Crippen LogP contribution in [0.15, 0.2) is 82.4 Å². The fraction of sp³-hybridized carbons (Fsp3) is 0.185. The lowest BCUT2D eigenvalue weighted by molar-refractivity contribution is -0.117. The molecule has 0 fully saturated rings. The summed E-state index contributed by atoms with van der Waals surface area (Å²) in [6, 6.07) is 21.6. The standard InChI is InChI=1S/C27H25N5O5/c1-36-20-14-19(15-21(16-20)37-2)28-24(33)17-31-27(35)32-23-11-7-6-10-22(23)25(34)30(26(32)29-31)13-12-18-8-4-3-5-9-18/h3-11,14-16H,12-13,17H2,1-2H3,(H,28,33). The van der Waals surface area contributed by atoms with Crippen LogP contribution in [0.1, 0.15) is 5.56 Å². The lowest BCUT2D eigenvalue weighted by Gasteiger charge is -2.09. The molecule has 0 atom stereocenters. The summed E-state index contributed by atoms with van der Waals surface area (Å²) in [5, 5.41) is 7.55. The molecule has 0 unspecified atom stereocenters. The Bertz CT molecular complexity index is 1700. The molecule has 0 aliphatic heterocycles. The summed E-state index contributed by atoms with van der Waals surface area (Å²) in [7, 11) is 3.02. The van der Waals surface area contributed by atoms with Crippen molar-refractivity contribution in [2.75, 3.05) is 19.5 Å². The number of nitrogens with zero attached hydrogens (tertiary/aromatic N) is 4. The zero-order valence-corrected chi connectivity index (χ0v) is 20.4. The first-order valence-corrected chi connectivity index (χ1v) is 11.7. The molecule has 37 heavy (non-hydrogen) atoms. The summed E-state index contributed by atoms with van der Waals surface area (Å²) in [6.07, 6.45) is 0.577. The average molecular weight is 500 g/mol. The molecule has 1 N–H and O–H groups in total. The maximum atomic E-state index is 13.4. The molecular formula is C27H25N5O5. The number of rotatable bonds is 8. The minimum Gasteiger partial charge on any atom is -0.497 e. The molecule has 188 valence electrons. The van der Waals surface area contributed by atoms with Gasteiger partial charge in [0, 0.05) is 30.4 Å². The van der Waals surface area contributed by atoms with Gasteiger partial charge in [0.2, 0.25) is 11.7 Å². The first kappa shape index (κ1) is 23.9. The van der Waals surface area contributed by atoms with E-state index in [1.807, 2.05) is 30.3 Å². The molecule has 0 aliphatic carbocycles. The Kier molecular flexibility index (Phi) is 6.46. The van der Waals surface area contributed by atoms with Crippen LogP contribution < -0.4 is 26.0 Å². The molecule has 3 aromatic carbocycles. The smallest absolute Gasteiger partial charge is 0.352 e. The minimum atomic E-state index is -0.516. The molecule has 5 aromatic rings. The Morgan fingerprint density at radius 2 is 1.59 bits per heavy atom. The number of ether oxygens (including phenoxy) is 2. The highest BCUT2D eigenvalue weighted by Crippen LogP contribution is 2.25. The maximum absolute atomic E-state index is 13.4. The lowest BCUT2D eigenvalue weighted by atomic mass is 10.1. The van der Waals surface area contributed by atoms with E-state index in [2.05, 4.69) is 10.4 Å². The normalized spacial score (nSPS) is 11.1. The fourth-order valence-electron chi connectivity index (χ4n) is 4.27. The Balaban J connectivity index is 1.52. The van der Waals surface area contributed by atoms with Crippen LogP contribution in [0.25, 0.3) is 16.7 Å². The van der Waals surface area contributed by atoms with Gasteiger partial charge >= 0.3 is 5.69 Å². The van der Waals surface area contributed by atoms with Gasteiger partial charge in [-0.15, -0.1) is 5.10 Å². The second-order valence-electron chi connectivity index (χ2n) is 8.43. The van der Waals surface area contributed by atoms with Gasteiger partial charge in [-0.25, -0.2) is 13.9 Å². The Labute approximate surface area is 211 Å². The molecular weight excluding hydrogens is 474 g/mol. The number of methoxy groups -OCH3 is 2. The number of aryl methyl sites for hydroxylation is 2. The van der Waals surface area contributed by atoms with Gasteiger partial charge in [0.25, 0.3) is 5.56 Å². The van der Waals surface area contributed by atoms with E-state index in [0.29, 0.717) is 41.1 Å². The fourth-order valence-corrected chi connectivity index (χ4v) is 4.27. The van der Waals surface area contributed by atoms with Crippen molar-refractivity contribution in [2.24, 2.45) is 0 Å². The summed E-state index contributed by atoms with van der Waals surface area (Å²) < 4.78 is 14.4. The molecule has 0 radical (unpaired) electrons. The third kappa shape index (κ3) is 4.68. The van der Waals surface area contributed by atoms with Gasteiger partial charge < -0.3 is 14.8 Å². The van der Waals surface area contributed by atoms with E-state index in [1.54, 1.807) is 42.5 Å². The van der Waals surface area contributed by atoms with Gasteiger partial charge in [-0.1, -0.05) is 42.5 Å². The Morgan fingerprint density at radius 3 is 2.30 bits per heavy atom. The minimum absolute atomic E-state index is 0.181. The van der Waals surface area contributed by atoms with Gasteiger partial charge in [0.05, 0.1) is 25.1 Å². The quantitative estimate of drug-likeness (QED) is 0.352. The average Bonchev–Trinajstić information content (AvgIpc) is 3.24. The topological polar surface area (TPSA) is 109 Å². The van der Waals surface area contributed by atoms with Crippen molar-refractivity contribution in [3.8, 4) is 11.5 Å². The first-order valence-electron chi connectivity index (χ1n) is 11.7. The number of benzene rings is 3. The number of hydrogen-bond donors (Lipinski definition) is 1. The number of fused-ring (bicyclic) bond motifs is 3. The molecule has 5 rings (SSSR count). The lowest BCUT2D eigenvalue weighted by Crippen LogP contribution is -2.29. The molecule has 1 amide bonds. The van der Waals surface area contributed by atoms with Crippen LogP contribution in [0.4, 0.5) is 5.69 Å². The van der Waals surface area contributed by atoms with Gasteiger partial charge in [-0.3, -0.25) is 14.2 Å². The van der Waals surface area contributed by atoms with Crippen molar-refractivity contribution in [1.29, 1.82) is 0 Å². The van der Waals surface area contributed by atoms with Crippen LogP contribution in [-0.2, 0) is 24.3 Å². The highest BCUT2D eigenvalue weighted by molar-refractivity contribution is 5.91. The third-order valence-electron chi connectivity index (χ3n) is 6.08. The van der Waals surface area contributed by atoms with Crippen LogP contribution in [0.5, 0.6) is 11.5 Å². The largest absolute Gasteiger partial charge is 0.497 e. The molecule has 0 aliphatic rings. The van der Waals surface area contributed by atoms with Gasteiger partial charge in [-0.2, -0.15) is 0 Å². The number of carbonyl (C=O) groups excluding carboxylic acids is 1. The summed E-state index contributed by atoms with van der Waals surface area (Å²) in [5.74, 6) is 0.727. The van der Waals surface area contributed by atoms with E-state index in [0.717, 1.165) is 10.2 Å². The summed E-state index contributed by atoms with van der Waals surface area (Å²) in [4.78, 5) is 39.6. The molecule has 0 saturated heterocycles. The van der Waals surface area contributed by atoms with Gasteiger partial charge in [0.15, 0.2) is 0 Å². The molecule has 10 heteroatoms. The summed E-state index contributed by atoms with van der Waals surface area (Å²) >= 11 is 0. The molecule has 0 bridgehead atoms. The SMILES string of the molecule is COc1cc(NC(=O)Cn2nc3n(CCc4ccccc4)c(=O)c4ccccc4n3c2=O)cc(OC)c1. The molecule has 2 heterocycles. The van der Waals surface area contributed by atoms with E-state index in [4.69, 9.17) is 9.47 Å². The number of hydrogen-bond acceptors (Lipinski definition) is 6. The van der Waals surface area contributed by atoms with Crippen LogP contribution in [-0.4, -0.2) is 38.9 Å². The van der Waals surface area contributed by atoms with E-state index < -0.39 is 11.6 Å². The number of carbonyl (C=O) groups is 1. The Morgan fingerprint density at radius 1 is 0.919 bits per heavy atom. The van der Waals surface area contributed by atoms with Crippen LogP contribution in [0.3, 0.4) is 0 Å². The van der Waals surface area contributed by atoms with Crippen molar-refractivity contribution in [3.63, 3.8) is 0 Å². The van der Waals surface area contributed by atoms with Gasteiger partial charge in [-0.05, 0) is 24.1 Å².